The van der Waals surface area contributed by atoms with Gasteiger partial charge in [-0.1, -0.05) is 43.1 Å². The number of hydrogen-bond donors (Lipinski definition) is 1. The maximum Gasteiger partial charge on any atom is 0.0453 e. The van der Waals surface area contributed by atoms with Crippen LogP contribution in [0.15, 0.2) is 18.2 Å². The highest BCUT2D eigenvalue weighted by Gasteiger charge is 2.35. The molecule has 0 bridgehead atoms. The van der Waals surface area contributed by atoms with Gasteiger partial charge in [0.25, 0.3) is 0 Å². The van der Waals surface area contributed by atoms with Gasteiger partial charge in [-0.05, 0) is 55.2 Å². The van der Waals surface area contributed by atoms with Crippen molar-refractivity contribution in [3.63, 3.8) is 0 Å². The molecule has 0 atom stereocenters. The second kappa shape index (κ2) is 5.03. The van der Waals surface area contributed by atoms with E-state index in [1.54, 1.807) is 6.07 Å². The van der Waals surface area contributed by atoms with E-state index in [4.69, 9.17) is 28.9 Å². The molecule has 2 rings (SSSR count). The highest BCUT2D eigenvalue weighted by molar-refractivity contribution is 6.35. The summed E-state index contributed by atoms with van der Waals surface area (Å²) in [5.41, 5.74) is 7.97. The van der Waals surface area contributed by atoms with Crippen molar-refractivity contribution in [3.8, 4) is 0 Å². The third kappa shape index (κ3) is 3.40. The van der Waals surface area contributed by atoms with Crippen LogP contribution in [-0.4, -0.2) is 5.54 Å². The van der Waals surface area contributed by atoms with Crippen LogP contribution in [-0.2, 0) is 6.42 Å². The zero-order chi connectivity index (χ0) is 13.4. The Balaban J connectivity index is 2.09. The van der Waals surface area contributed by atoms with Gasteiger partial charge in [0.15, 0.2) is 0 Å². The Kier molecular flexibility index (Phi) is 3.96. The molecule has 1 fully saturated rings. The second-order valence-corrected chi connectivity index (χ2v) is 7.28. The van der Waals surface area contributed by atoms with Gasteiger partial charge in [-0.2, -0.15) is 0 Å². The molecule has 2 N–H and O–H groups in total. The van der Waals surface area contributed by atoms with Crippen molar-refractivity contribution in [1.29, 1.82) is 0 Å². The molecule has 0 unspecified atom stereocenters. The highest BCUT2D eigenvalue weighted by Crippen LogP contribution is 2.41. The number of rotatable bonds is 2. The lowest BCUT2D eigenvalue weighted by molar-refractivity contribution is 0.164. The fourth-order valence-corrected chi connectivity index (χ4v) is 3.12. The molecule has 0 spiro atoms. The first-order valence-corrected chi connectivity index (χ1v) is 7.28. The van der Waals surface area contributed by atoms with E-state index in [0.717, 1.165) is 29.8 Å². The van der Waals surface area contributed by atoms with Crippen molar-refractivity contribution in [2.75, 3.05) is 0 Å². The zero-order valence-corrected chi connectivity index (χ0v) is 12.6. The number of nitrogens with two attached hydrogens (primary N) is 1. The van der Waals surface area contributed by atoms with Crippen molar-refractivity contribution in [1.82, 2.24) is 0 Å². The van der Waals surface area contributed by atoms with Crippen LogP contribution in [0.25, 0.3) is 0 Å². The summed E-state index contributed by atoms with van der Waals surface area (Å²) in [6, 6.07) is 5.69. The van der Waals surface area contributed by atoms with Gasteiger partial charge in [0, 0.05) is 15.6 Å². The first kappa shape index (κ1) is 14.2. The predicted octanol–water partition coefficient (Wildman–Crippen LogP) is 4.83. The summed E-state index contributed by atoms with van der Waals surface area (Å²) >= 11 is 12.1. The Hall–Kier alpha value is -0.240. The second-order valence-electron chi connectivity index (χ2n) is 6.44. The van der Waals surface area contributed by atoms with Crippen LogP contribution in [0, 0.1) is 5.41 Å². The van der Waals surface area contributed by atoms with E-state index in [1.807, 2.05) is 12.1 Å². The fraction of sp³-hybridized carbons (Fsp3) is 0.600. The van der Waals surface area contributed by atoms with Gasteiger partial charge in [-0.15, -0.1) is 0 Å². The van der Waals surface area contributed by atoms with Crippen LogP contribution >= 0.6 is 23.2 Å². The molecule has 1 saturated carbocycles. The van der Waals surface area contributed by atoms with Crippen LogP contribution < -0.4 is 5.73 Å². The lowest BCUT2D eigenvalue weighted by Gasteiger charge is -2.41. The lowest BCUT2D eigenvalue weighted by Crippen LogP contribution is -2.46. The van der Waals surface area contributed by atoms with Crippen LogP contribution in [0.2, 0.25) is 10.0 Å². The molecule has 0 amide bonds. The molecule has 0 aromatic heterocycles. The average Bonchev–Trinajstić information content (AvgIpc) is 2.28. The van der Waals surface area contributed by atoms with Gasteiger partial charge in [0.05, 0.1) is 0 Å². The minimum Gasteiger partial charge on any atom is -0.325 e. The summed E-state index contributed by atoms with van der Waals surface area (Å²) in [5.74, 6) is 0. The quantitative estimate of drug-likeness (QED) is 0.827. The lowest BCUT2D eigenvalue weighted by atomic mass is 9.68. The number of halogens is 2. The fourth-order valence-electron chi connectivity index (χ4n) is 2.65. The van der Waals surface area contributed by atoms with Gasteiger partial charge in [-0.25, -0.2) is 0 Å². The predicted molar refractivity (Wildman–Crippen MR) is 79.3 cm³/mol. The zero-order valence-electron chi connectivity index (χ0n) is 11.1. The Labute approximate surface area is 120 Å². The first-order valence-electron chi connectivity index (χ1n) is 6.53. The Morgan fingerprint density at radius 1 is 1.11 bits per heavy atom. The average molecular weight is 286 g/mol. The molecule has 18 heavy (non-hydrogen) atoms. The van der Waals surface area contributed by atoms with Crippen molar-refractivity contribution < 1.29 is 0 Å². The van der Waals surface area contributed by atoms with Crippen molar-refractivity contribution in [2.24, 2.45) is 11.1 Å². The van der Waals surface area contributed by atoms with Crippen molar-refractivity contribution in [3.05, 3.63) is 33.8 Å². The molecule has 100 valence electrons. The van der Waals surface area contributed by atoms with Gasteiger partial charge in [0.2, 0.25) is 0 Å². The van der Waals surface area contributed by atoms with Crippen LogP contribution in [0.5, 0.6) is 0 Å². The summed E-state index contributed by atoms with van der Waals surface area (Å²) in [5, 5.41) is 1.41. The number of hydrogen-bond acceptors (Lipinski definition) is 1. The van der Waals surface area contributed by atoms with Gasteiger partial charge < -0.3 is 5.73 Å². The maximum atomic E-state index is 6.53. The first-order chi connectivity index (χ1) is 8.30. The molecule has 3 heteroatoms. The van der Waals surface area contributed by atoms with Crippen LogP contribution in [0.1, 0.15) is 45.1 Å². The smallest absolute Gasteiger partial charge is 0.0453 e. The normalized spacial score (nSPS) is 21.8. The molecule has 0 saturated heterocycles. The molecule has 1 aromatic carbocycles. The minimum absolute atomic E-state index is 0.104. The van der Waals surface area contributed by atoms with Gasteiger partial charge in [0.1, 0.15) is 0 Å². The largest absolute Gasteiger partial charge is 0.325 e. The van der Waals surface area contributed by atoms with Crippen molar-refractivity contribution >= 4 is 23.2 Å². The van der Waals surface area contributed by atoms with E-state index in [0.29, 0.717) is 10.4 Å². The van der Waals surface area contributed by atoms with E-state index < -0.39 is 0 Å². The summed E-state index contributed by atoms with van der Waals surface area (Å²) in [6.07, 6.45) is 5.36. The van der Waals surface area contributed by atoms with Crippen LogP contribution in [0.3, 0.4) is 0 Å². The summed E-state index contributed by atoms with van der Waals surface area (Å²) in [6.45, 7) is 4.64. The molecule has 0 aliphatic heterocycles. The monoisotopic (exact) mass is 285 g/mol. The summed E-state index contributed by atoms with van der Waals surface area (Å²) < 4.78 is 0. The minimum atomic E-state index is -0.104. The Morgan fingerprint density at radius 3 is 2.28 bits per heavy atom. The molecule has 1 aliphatic carbocycles. The van der Waals surface area contributed by atoms with Crippen LogP contribution in [0.4, 0.5) is 0 Å². The van der Waals surface area contributed by atoms with Gasteiger partial charge >= 0.3 is 0 Å². The van der Waals surface area contributed by atoms with E-state index >= 15 is 0 Å². The Bertz CT molecular complexity index is 430. The van der Waals surface area contributed by atoms with Crippen molar-refractivity contribution in [2.45, 2.75) is 51.5 Å². The molecule has 1 nitrogen and oxygen atoms in total. The molecule has 0 radical (unpaired) electrons. The van der Waals surface area contributed by atoms with E-state index in [9.17, 15) is 0 Å². The summed E-state index contributed by atoms with van der Waals surface area (Å²) in [7, 11) is 0. The molecular formula is C15H21Cl2N. The third-order valence-corrected chi connectivity index (χ3v) is 4.74. The SMILES string of the molecule is CC1(C)CCC(N)(Cc2ccc(Cl)cc2Cl)CC1. The third-order valence-electron chi connectivity index (χ3n) is 4.16. The molecule has 1 aliphatic rings. The standard InChI is InChI=1S/C15H21Cl2N/c1-14(2)5-7-15(18,8-6-14)10-11-3-4-12(16)9-13(11)17/h3-4,9H,5-8,10,18H2,1-2H3. The van der Waals surface area contributed by atoms with Gasteiger partial charge in [-0.3, -0.25) is 0 Å². The van der Waals surface area contributed by atoms with E-state index in [-0.39, 0.29) is 5.54 Å². The van der Waals surface area contributed by atoms with E-state index in [1.165, 1.54) is 12.8 Å². The Morgan fingerprint density at radius 2 is 1.72 bits per heavy atom. The maximum absolute atomic E-state index is 6.53. The number of benzene rings is 1. The molecular weight excluding hydrogens is 265 g/mol. The topological polar surface area (TPSA) is 26.0 Å². The molecule has 1 aromatic rings. The highest BCUT2D eigenvalue weighted by atomic mass is 35.5. The molecule has 0 heterocycles. The van der Waals surface area contributed by atoms with E-state index in [2.05, 4.69) is 13.8 Å². The summed E-state index contributed by atoms with van der Waals surface area (Å²) in [4.78, 5) is 0.